The molecule has 7 heterocycles. The third kappa shape index (κ3) is 7.09. The Bertz CT molecular complexity index is 2150. The minimum atomic E-state index is -1.55. The lowest BCUT2D eigenvalue weighted by Gasteiger charge is -2.56. The van der Waals surface area contributed by atoms with Crippen LogP contribution in [0.5, 0.6) is 11.5 Å². The number of quaternary nitrogens is 1. The predicted molar refractivity (Wildman–Crippen MR) is 202 cm³/mol. The van der Waals surface area contributed by atoms with Crippen LogP contribution in [0.3, 0.4) is 0 Å². The SMILES string of the molecule is COC(=O)C(C)(C)O/N=C(\C(=O)NC1C(=O)N2C(c3nnnn3C)=C(C[N+]34CCC(CNC(=O)c5ccc(O)c(O)c5Cl)(CC3)CC4)CSC12)c1nsc(N)n1. The molecule has 3 aromatic rings. The van der Waals surface area contributed by atoms with Crippen LogP contribution in [0.1, 0.15) is 55.1 Å². The molecule has 2 aromatic heterocycles. The number of aryl methyl sites for hydroxylation is 1. The summed E-state index contributed by atoms with van der Waals surface area (Å²) in [7, 11) is 2.90. The Hall–Kier alpha value is -5.06. The number of tetrazole rings is 1. The van der Waals surface area contributed by atoms with Crippen molar-refractivity contribution in [2.45, 2.75) is 50.1 Å². The quantitative estimate of drug-likeness (QED) is 0.0419. The highest BCUT2D eigenvalue weighted by atomic mass is 35.5. The third-order valence-corrected chi connectivity index (χ3v) is 13.2. The molecule has 2 atom stereocenters. The monoisotopic (exact) mass is 831 g/mol. The van der Waals surface area contributed by atoms with Crippen LogP contribution in [0.15, 0.2) is 22.9 Å². The molecular weight excluding hydrogens is 792 g/mol. The van der Waals surface area contributed by atoms with E-state index in [4.69, 9.17) is 26.9 Å². The molecule has 3 amide bonds. The first kappa shape index (κ1) is 39.2. The summed E-state index contributed by atoms with van der Waals surface area (Å²) in [6, 6.07) is 1.66. The topological polar surface area (TPSA) is 262 Å². The number of halogens is 1. The standard InChI is InChI=1S/C33H39ClN12O8S2/c1-32(2,30(52)53-4)54-40-20(24-38-31(35)56-41-24)27(50)37-21-28(51)45-22(25-39-42-43-44(25)3)16(14-55-29(21)45)13-46-10-7-33(8-11-46,9-12-46)15-36-26(49)17-5-6-18(47)23(48)19(17)34/h5-6,21,29H,7-15H2,1-4H3,(H5-,35,36,37,38,40,41,42,43,47,48,49,50)/p+1. The number of carbonyl (C=O) groups is 4. The number of fused-ring (bicyclic) bond motifs is 4. The van der Waals surface area contributed by atoms with Gasteiger partial charge in [-0.2, -0.15) is 9.36 Å². The van der Waals surface area contributed by atoms with Crippen molar-refractivity contribution in [1.82, 2.24) is 45.1 Å². The maximum atomic E-state index is 14.0. The van der Waals surface area contributed by atoms with Crippen molar-refractivity contribution in [1.29, 1.82) is 0 Å². The molecule has 5 aliphatic rings. The minimum absolute atomic E-state index is 0.0742. The fourth-order valence-corrected chi connectivity index (χ4v) is 9.56. The molecular formula is C33H40ClN12O8S2+. The molecule has 0 aliphatic carbocycles. The van der Waals surface area contributed by atoms with Gasteiger partial charge in [0.05, 0.1) is 43.0 Å². The number of rotatable bonds is 12. The van der Waals surface area contributed by atoms with Crippen molar-refractivity contribution in [3.8, 4) is 11.5 Å². The third-order valence-electron chi connectivity index (χ3n) is 10.9. The molecule has 298 valence electrons. The van der Waals surface area contributed by atoms with Crippen molar-refractivity contribution in [3.63, 3.8) is 0 Å². The number of oxime groups is 1. The largest absolute Gasteiger partial charge is 0.504 e. The van der Waals surface area contributed by atoms with E-state index in [-0.39, 0.29) is 38.6 Å². The Labute approximate surface area is 333 Å². The molecule has 4 fully saturated rings. The maximum Gasteiger partial charge on any atom is 0.352 e. The fourth-order valence-electron chi connectivity index (χ4n) is 7.55. The molecule has 20 nitrogen and oxygen atoms in total. The molecule has 5 aliphatic heterocycles. The smallest absolute Gasteiger partial charge is 0.352 e. The van der Waals surface area contributed by atoms with Crippen LogP contribution in [-0.2, 0) is 31.0 Å². The predicted octanol–water partition coefficient (Wildman–Crippen LogP) is 0.623. The minimum Gasteiger partial charge on any atom is -0.504 e. The van der Waals surface area contributed by atoms with Gasteiger partial charge in [0.15, 0.2) is 22.5 Å². The molecule has 0 spiro atoms. The molecule has 2 bridgehead atoms. The summed E-state index contributed by atoms with van der Waals surface area (Å²) in [6.07, 6.45) is 2.60. The summed E-state index contributed by atoms with van der Waals surface area (Å²) in [4.78, 5) is 64.0. The van der Waals surface area contributed by atoms with Gasteiger partial charge >= 0.3 is 5.97 Å². The summed E-state index contributed by atoms with van der Waals surface area (Å²) < 4.78 is 11.2. The number of amides is 3. The zero-order chi connectivity index (χ0) is 40.2. The number of thioether (sulfide) groups is 1. The van der Waals surface area contributed by atoms with Crippen LogP contribution in [0.25, 0.3) is 5.70 Å². The summed E-state index contributed by atoms with van der Waals surface area (Å²) in [5.74, 6) is -2.42. The number of phenols is 2. The molecule has 8 rings (SSSR count). The second kappa shape index (κ2) is 14.8. The van der Waals surface area contributed by atoms with E-state index >= 15 is 0 Å². The number of methoxy groups -OCH3 is 1. The number of nitrogen functional groups attached to an aromatic ring is 1. The van der Waals surface area contributed by atoms with Gasteiger partial charge in [-0.1, -0.05) is 16.8 Å². The van der Waals surface area contributed by atoms with Crippen LogP contribution >= 0.6 is 34.9 Å². The number of nitrogens with one attached hydrogen (secondary N) is 2. The number of piperidine rings is 3. The number of anilines is 1. The summed E-state index contributed by atoms with van der Waals surface area (Å²) in [5, 5.41) is 40.9. The molecule has 56 heavy (non-hydrogen) atoms. The van der Waals surface area contributed by atoms with Crippen molar-refractivity contribution in [3.05, 3.63) is 39.9 Å². The lowest BCUT2D eigenvalue weighted by Crippen LogP contribution is -2.70. The zero-order valence-corrected chi connectivity index (χ0v) is 33.2. The van der Waals surface area contributed by atoms with Crippen LogP contribution in [0.4, 0.5) is 5.13 Å². The van der Waals surface area contributed by atoms with Crippen LogP contribution < -0.4 is 16.4 Å². The van der Waals surface area contributed by atoms with Gasteiger partial charge in [0.25, 0.3) is 17.7 Å². The number of hydrogen-bond donors (Lipinski definition) is 5. The average Bonchev–Trinajstić information content (AvgIpc) is 3.82. The van der Waals surface area contributed by atoms with Gasteiger partial charge in [-0.25, -0.2) is 9.48 Å². The van der Waals surface area contributed by atoms with E-state index in [0.29, 0.717) is 30.4 Å². The van der Waals surface area contributed by atoms with Crippen molar-refractivity contribution in [2.75, 3.05) is 51.3 Å². The number of hydrogen-bond acceptors (Lipinski definition) is 17. The molecule has 23 heteroatoms. The van der Waals surface area contributed by atoms with E-state index < -0.39 is 46.3 Å². The van der Waals surface area contributed by atoms with E-state index in [9.17, 15) is 29.4 Å². The van der Waals surface area contributed by atoms with E-state index in [2.05, 4.69) is 40.7 Å². The van der Waals surface area contributed by atoms with Gasteiger partial charge in [-0.3, -0.25) is 19.3 Å². The first-order chi connectivity index (χ1) is 26.6. The number of aromatic hydroxyl groups is 2. The molecule has 4 saturated heterocycles. The zero-order valence-electron chi connectivity index (χ0n) is 30.8. The lowest BCUT2D eigenvalue weighted by atomic mass is 9.70. The van der Waals surface area contributed by atoms with E-state index in [1.807, 2.05) is 0 Å². The number of nitrogens with zero attached hydrogens (tertiary/aromatic N) is 9. The molecule has 6 N–H and O–H groups in total. The first-order valence-corrected chi connectivity index (χ1v) is 19.8. The van der Waals surface area contributed by atoms with Gasteiger partial charge in [0, 0.05) is 61.1 Å². The van der Waals surface area contributed by atoms with E-state index in [1.165, 1.54) is 49.5 Å². The normalized spacial score (nSPS) is 24.7. The van der Waals surface area contributed by atoms with Gasteiger partial charge in [0.1, 0.15) is 18.0 Å². The number of phenolic OH excluding ortho intramolecular Hbond substituents is 2. The van der Waals surface area contributed by atoms with Gasteiger partial charge in [-0.05, 0) is 36.4 Å². The van der Waals surface area contributed by atoms with Crippen molar-refractivity contribution in [2.24, 2.45) is 17.6 Å². The first-order valence-electron chi connectivity index (χ1n) is 17.6. The van der Waals surface area contributed by atoms with Gasteiger partial charge in [-0.15, -0.1) is 16.9 Å². The summed E-state index contributed by atoms with van der Waals surface area (Å²) >= 11 is 8.48. The number of aromatic nitrogens is 6. The highest BCUT2D eigenvalue weighted by molar-refractivity contribution is 8.00. The number of β-lactam (4-membered cyclic amide) rings is 1. The van der Waals surface area contributed by atoms with Crippen molar-refractivity contribution >= 4 is 75.1 Å². The number of carbonyl (C=O) groups excluding carboxylic acids is 4. The van der Waals surface area contributed by atoms with E-state index in [0.717, 1.165) is 60.5 Å². The van der Waals surface area contributed by atoms with Crippen molar-refractivity contribution < 1.29 is 43.4 Å². The highest BCUT2D eigenvalue weighted by Crippen LogP contribution is 2.48. The Morgan fingerprint density at radius 3 is 2.54 bits per heavy atom. The Morgan fingerprint density at radius 1 is 1.20 bits per heavy atom. The lowest BCUT2D eigenvalue weighted by molar-refractivity contribution is -0.941. The van der Waals surface area contributed by atoms with Crippen LogP contribution in [0.2, 0.25) is 5.02 Å². The Balaban J connectivity index is 1.06. The van der Waals surface area contributed by atoms with Gasteiger partial charge in [0.2, 0.25) is 17.1 Å². The van der Waals surface area contributed by atoms with E-state index in [1.54, 1.807) is 11.9 Å². The Kier molecular flexibility index (Phi) is 10.3. The van der Waals surface area contributed by atoms with Gasteiger partial charge < -0.3 is 40.6 Å². The van der Waals surface area contributed by atoms with Crippen LogP contribution in [-0.4, -0.2) is 141 Å². The molecule has 2 unspecified atom stereocenters. The number of nitrogens with two attached hydrogens (primary N) is 1. The second-order valence-corrected chi connectivity index (χ2v) is 17.1. The second-order valence-electron chi connectivity index (χ2n) is 14.8. The molecule has 0 radical (unpaired) electrons. The summed E-state index contributed by atoms with van der Waals surface area (Å²) in [6.45, 7) is 6.52. The number of esters is 1. The molecule has 0 saturated carbocycles. The average molecular weight is 832 g/mol. The van der Waals surface area contributed by atoms with Crippen LogP contribution in [0, 0.1) is 5.41 Å². The number of benzene rings is 1. The maximum absolute atomic E-state index is 14.0. The summed E-state index contributed by atoms with van der Waals surface area (Å²) in [5.41, 5.74) is 5.46. The highest BCUT2D eigenvalue weighted by Gasteiger charge is 2.56. The Morgan fingerprint density at radius 2 is 1.91 bits per heavy atom. The molecule has 1 aromatic carbocycles. The fraction of sp³-hybridized carbons (Fsp3) is 0.515. The number of ether oxygens (including phenoxy) is 1.